The zero-order valence-electron chi connectivity index (χ0n) is 10.8. The number of rotatable bonds is 8. The number of hydrogen-bond donors (Lipinski definition) is 0. The van der Waals surface area contributed by atoms with E-state index in [4.69, 9.17) is 9.47 Å². The Morgan fingerprint density at radius 2 is 2.00 bits per heavy atom. The number of alkyl halides is 1. The molecule has 5 heteroatoms. The lowest BCUT2D eigenvalue weighted by molar-refractivity contribution is 0.148. The lowest BCUT2D eigenvalue weighted by atomic mass is 10.2. The van der Waals surface area contributed by atoms with Crippen molar-refractivity contribution in [2.24, 2.45) is 0 Å². The minimum atomic E-state index is 0.754. The van der Waals surface area contributed by atoms with Gasteiger partial charge < -0.3 is 9.47 Å². The van der Waals surface area contributed by atoms with Crippen LogP contribution in [0.15, 0.2) is 22.7 Å². The molecule has 0 spiro atoms. The van der Waals surface area contributed by atoms with Crippen LogP contribution in [-0.2, 0) is 11.3 Å². The lowest BCUT2D eigenvalue weighted by Crippen LogP contribution is -2.28. The molecule has 0 radical (unpaired) electrons. The fourth-order valence-corrected chi connectivity index (χ4v) is 2.77. The molecular formula is C13H19Br2NO2. The van der Waals surface area contributed by atoms with Crippen molar-refractivity contribution >= 4 is 31.9 Å². The van der Waals surface area contributed by atoms with E-state index in [0.717, 1.165) is 41.8 Å². The van der Waals surface area contributed by atoms with Crippen molar-refractivity contribution < 1.29 is 9.47 Å². The third kappa shape index (κ3) is 5.26. The van der Waals surface area contributed by atoms with Crippen molar-refractivity contribution in [3.63, 3.8) is 0 Å². The highest BCUT2D eigenvalue weighted by atomic mass is 79.9. The van der Waals surface area contributed by atoms with Gasteiger partial charge >= 0.3 is 0 Å². The number of ether oxygens (including phenoxy) is 2. The van der Waals surface area contributed by atoms with E-state index in [1.54, 1.807) is 14.2 Å². The second kappa shape index (κ2) is 8.91. The van der Waals surface area contributed by atoms with Crippen LogP contribution in [0, 0.1) is 0 Å². The Morgan fingerprint density at radius 1 is 1.22 bits per heavy atom. The average Bonchev–Trinajstić information content (AvgIpc) is 2.36. The smallest absolute Gasteiger partial charge is 0.133 e. The molecule has 0 unspecified atom stereocenters. The van der Waals surface area contributed by atoms with Crippen LogP contribution in [0.4, 0.5) is 0 Å². The molecule has 1 rings (SSSR count). The molecule has 0 bridgehead atoms. The molecule has 1 aromatic rings. The summed E-state index contributed by atoms with van der Waals surface area (Å²) < 4.78 is 11.4. The predicted octanol–water partition coefficient (Wildman–Crippen LogP) is 3.30. The Morgan fingerprint density at radius 3 is 2.56 bits per heavy atom. The van der Waals surface area contributed by atoms with Crippen molar-refractivity contribution in [2.75, 3.05) is 39.2 Å². The quantitative estimate of drug-likeness (QED) is 0.646. The van der Waals surface area contributed by atoms with Gasteiger partial charge in [0.1, 0.15) is 5.75 Å². The maximum absolute atomic E-state index is 5.23. The van der Waals surface area contributed by atoms with Crippen molar-refractivity contribution in [1.82, 2.24) is 4.90 Å². The van der Waals surface area contributed by atoms with Crippen LogP contribution in [0.1, 0.15) is 5.56 Å². The van der Waals surface area contributed by atoms with Crippen molar-refractivity contribution in [3.8, 4) is 5.75 Å². The van der Waals surface area contributed by atoms with E-state index >= 15 is 0 Å². The van der Waals surface area contributed by atoms with Crippen LogP contribution < -0.4 is 4.74 Å². The van der Waals surface area contributed by atoms with Gasteiger partial charge in [-0.15, -0.1) is 0 Å². The fraction of sp³-hybridized carbons (Fsp3) is 0.538. The summed E-state index contributed by atoms with van der Waals surface area (Å²) in [5.41, 5.74) is 1.26. The highest BCUT2D eigenvalue weighted by Crippen LogP contribution is 2.26. The summed E-state index contributed by atoms with van der Waals surface area (Å²) in [7, 11) is 3.41. The molecule has 102 valence electrons. The summed E-state index contributed by atoms with van der Waals surface area (Å²) in [6.07, 6.45) is 0. The van der Waals surface area contributed by atoms with Gasteiger partial charge in [-0.2, -0.15) is 0 Å². The van der Waals surface area contributed by atoms with Crippen molar-refractivity contribution in [3.05, 3.63) is 28.2 Å². The first-order valence-corrected chi connectivity index (χ1v) is 7.72. The summed E-state index contributed by atoms with van der Waals surface area (Å²) in [5, 5.41) is 0.966. The summed E-state index contributed by atoms with van der Waals surface area (Å²) in [5.74, 6) is 0.864. The van der Waals surface area contributed by atoms with Gasteiger partial charge in [0.05, 0.1) is 18.2 Å². The maximum Gasteiger partial charge on any atom is 0.133 e. The molecule has 1 aromatic carbocycles. The lowest BCUT2D eigenvalue weighted by Gasteiger charge is -2.21. The zero-order valence-corrected chi connectivity index (χ0v) is 14.0. The minimum absolute atomic E-state index is 0.754. The first-order chi connectivity index (χ1) is 8.71. The molecule has 0 aromatic heterocycles. The summed E-state index contributed by atoms with van der Waals surface area (Å²) in [6, 6.07) is 6.19. The van der Waals surface area contributed by atoms with Crippen LogP contribution in [0.5, 0.6) is 5.75 Å². The predicted molar refractivity (Wildman–Crippen MR) is 81.6 cm³/mol. The van der Waals surface area contributed by atoms with Crippen LogP contribution in [0.3, 0.4) is 0 Å². The molecule has 0 saturated carbocycles. The SMILES string of the molecule is COCCN(CCBr)Cc1ccc(OC)c(Br)c1. The fourth-order valence-electron chi connectivity index (χ4n) is 1.68. The number of methoxy groups -OCH3 is 2. The zero-order chi connectivity index (χ0) is 13.4. The average molecular weight is 381 g/mol. The Hall–Kier alpha value is -0.100. The number of halogens is 2. The molecule has 0 fully saturated rings. The summed E-state index contributed by atoms with van der Waals surface area (Å²) in [6.45, 7) is 3.61. The van der Waals surface area contributed by atoms with E-state index in [2.05, 4.69) is 48.9 Å². The Balaban J connectivity index is 2.64. The Labute approximate surface area is 126 Å². The largest absolute Gasteiger partial charge is 0.496 e. The first-order valence-electron chi connectivity index (χ1n) is 5.81. The van der Waals surface area contributed by atoms with Gasteiger partial charge in [-0.05, 0) is 33.6 Å². The van der Waals surface area contributed by atoms with Gasteiger partial charge in [-0.25, -0.2) is 0 Å². The highest BCUT2D eigenvalue weighted by molar-refractivity contribution is 9.10. The maximum atomic E-state index is 5.23. The van der Waals surface area contributed by atoms with E-state index in [1.165, 1.54) is 5.56 Å². The summed E-state index contributed by atoms with van der Waals surface area (Å²) in [4.78, 5) is 2.35. The molecular weight excluding hydrogens is 362 g/mol. The number of benzene rings is 1. The van der Waals surface area contributed by atoms with Gasteiger partial charge in [0.15, 0.2) is 0 Å². The second-order valence-electron chi connectivity index (χ2n) is 3.93. The number of hydrogen-bond acceptors (Lipinski definition) is 3. The summed E-state index contributed by atoms with van der Waals surface area (Å²) >= 11 is 6.99. The Bertz CT molecular complexity index is 361. The molecule has 0 amide bonds. The van der Waals surface area contributed by atoms with Gasteiger partial charge in [0.25, 0.3) is 0 Å². The molecule has 0 aliphatic heterocycles. The molecule has 0 heterocycles. The number of nitrogens with zero attached hydrogens (tertiary/aromatic N) is 1. The molecule has 0 saturated heterocycles. The van der Waals surface area contributed by atoms with Crippen LogP contribution >= 0.6 is 31.9 Å². The van der Waals surface area contributed by atoms with E-state index in [9.17, 15) is 0 Å². The van der Waals surface area contributed by atoms with E-state index in [-0.39, 0.29) is 0 Å². The van der Waals surface area contributed by atoms with Crippen molar-refractivity contribution in [2.45, 2.75) is 6.54 Å². The highest BCUT2D eigenvalue weighted by Gasteiger charge is 2.07. The second-order valence-corrected chi connectivity index (χ2v) is 5.57. The molecule has 0 atom stereocenters. The van der Waals surface area contributed by atoms with Crippen LogP contribution in [-0.4, -0.2) is 44.1 Å². The van der Waals surface area contributed by atoms with Crippen LogP contribution in [0.25, 0.3) is 0 Å². The third-order valence-corrected chi connectivity index (χ3v) is 3.61. The van der Waals surface area contributed by atoms with Gasteiger partial charge in [-0.1, -0.05) is 22.0 Å². The van der Waals surface area contributed by atoms with E-state index < -0.39 is 0 Å². The topological polar surface area (TPSA) is 21.7 Å². The standard InChI is InChI=1S/C13H19Br2NO2/c1-17-8-7-16(6-5-14)10-11-3-4-13(18-2)12(15)9-11/h3-4,9H,5-8,10H2,1-2H3. The monoisotopic (exact) mass is 379 g/mol. The Kier molecular flexibility index (Phi) is 7.90. The van der Waals surface area contributed by atoms with Gasteiger partial charge in [0, 0.05) is 32.1 Å². The molecule has 0 aliphatic carbocycles. The molecule has 0 N–H and O–H groups in total. The van der Waals surface area contributed by atoms with Crippen molar-refractivity contribution in [1.29, 1.82) is 0 Å². The van der Waals surface area contributed by atoms with Gasteiger partial charge in [0.2, 0.25) is 0 Å². The van der Waals surface area contributed by atoms with Crippen LogP contribution in [0.2, 0.25) is 0 Å². The molecule has 0 aliphatic rings. The van der Waals surface area contributed by atoms with Gasteiger partial charge in [-0.3, -0.25) is 4.90 Å². The minimum Gasteiger partial charge on any atom is -0.496 e. The van der Waals surface area contributed by atoms with E-state index in [1.807, 2.05) is 6.07 Å². The third-order valence-electron chi connectivity index (χ3n) is 2.63. The first kappa shape index (κ1) is 16.0. The normalized spacial score (nSPS) is 10.9. The molecule has 3 nitrogen and oxygen atoms in total. The molecule has 18 heavy (non-hydrogen) atoms. The van der Waals surface area contributed by atoms with E-state index in [0.29, 0.717) is 0 Å².